The van der Waals surface area contributed by atoms with Crippen LogP contribution >= 0.6 is 0 Å². The van der Waals surface area contributed by atoms with Gasteiger partial charge in [-0.05, 0) is 31.9 Å². The van der Waals surface area contributed by atoms with Crippen molar-refractivity contribution in [2.75, 3.05) is 0 Å². The number of nitrogens with zero attached hydrogens (tertiary/aromatic N) is 1. The first-order valence-corrected chi connectivity index (χ1v) is 7.54. The van der Waals surface area contributed by atoms with Gasteiger partial charge in [-0.3, -0.25) is 4.79 Å². The first-order valence-electron chi connectivity index (χ1n) is 7.54. The summed E-state index contributed by atoms with van der Waals surface area (Å²) in [7, 11) is 0. The average molecular weight is 314 g/mol. The highest BCUT2D eigenvalue weighted by Gasteiger charge is 2.15. The fourth-order valence-corrected chi connectivity index (χ4v) is 2.08. The molecule has 0 aliphatic rings. The third kappa shape index (κ3) is 5.62. The largest absolute Gasteiger partial charge is 0.444 e. The standard InChI is InChI=1S/C18H22N2O3/c1-18(2,3)23-17(22)19-11-15-9-10-16(21)20(13-15)12-14-7-5-4-6-8-14/h4-10,13H,11-12H2,1-3H3,(H,19,22). The van der Waals surface area contributed by atoms with Gasteiger partial charge < -0.3 is 14.6 Å². The normalized spacial score (nSPS) is 11.1. The molecular formula is C18H22N2O3. The van der Waals surface area contributed by atoms with Crippen LogP contribution in [0.4, 0.5) is 4.79 Å². The van der Waals surface area contributed by atoms with Crippen LogP contribution in [0.5, 0.6) is 0 Å². The van der Waals surface area contributed by atoms with E-state index < -0.39 is 11.7 Å². The summed E-state index contributed by atoms with van der Waals surface area (Å²) in [5.41, 5.74) is 1.28. The molecular weight excluding hydrogens is 292 g/mol. The Morgan fingerprint density at radius 3 is 2.43 bits per heavy atom. The minimum absolute atomic E-state index is 0.0742. The fourth-order valence-electron chi connectivity index (χ4n) is 2.08. The van der Waals surface area contributed by atoms with Gasteiger partial charge in [0.25, 0.3) is 5.56 Å². The van der Waals surface area contributed by atoms with Crippen molar-refractivity contribution in [2.45, 2.75) is 39.5 Å². The Balaban J connectivity index is 2.03. The van der Waals surface area contributed by atoms with Crippen LogP contribution in [0.25, 0.3) is 0 Å². The third-order valence-electron chi connectivity index (χ3n) is 3.08. The number of carbonyl (C=O) groups is 1. The van der Waals surface area contributed by atoms with Crippen molar-refractivity contribution < 1.29 is 9.53 Å². The van der Waals surface area contributed by atoms with E-state index in [9.17, 15) is 9.59 Å². The number of rotatable bonds is 4. The Morgan fingerprint density at radius 2 is 1.78 bits per heavy atom. The Labute approximate surface area is 135 Å². The molecule has 0 bridgehead atoms. The van der Waals surface area contributed by atoms with Crippen LogP contribution in [0, 0.1) is 0 Å². The summed E-state index contributed by atoms with van der Waals surface area (Å²) >= 11 is 0. The van der Waals surface area contributed by atoms with Gasteiger partial charge in [0.1, 0.15) is 5.60 Å². The molecule has 122 valence electrons. The molecule has 0 aliphatic heterocycles. The van der Waals surface area contributed by atoms with Crippen LogP contribution in [-0.4, -0.2) is 16.3 Å². The molecule has 0 radical (unpaired) electrons. The van der Waals surface area contributed by atoms with Gasteiger partial charge >= 0.3 is 6.09 Å². The Hall–Kier alpha value is -2.56. The van der Waals surface area contributed by atoms with Gasteiger partial charge in [-0.25, -0.2) is 4.79 Å². The van der Waals surface area contributed by atoms with E-state index in [0.29, 0.717) is 13.1 Å². The number of ether oxygens (including phenoxy) is 1. The van der Waals surface area contributed by atoms with Gasteiger partial charge in [0, 0.05) is 18.8 Å². The first-order chi connectivity index (χ1) is 10.8. The van der Waals surface area contributed by atoms with E-state index in [0.717, 1.165) is 11.1 Å². The van der Waals surface area contributed by atoms with E-state index in [1.807, 2.05) is 51.1 Å². The number of carbonyl (C=O) groups excluding carboxylic acids is 1. The van der Waals surface area contributed by atoms with E-state index in [-0.39, 0.29) is 5.56 Å². The molecule has 0 saturated heterocycles. The molecule has 1 amide bonds. The molecule has 0 aliphatic carbocycles. The molecule has 1 N–H and O–H groups in total. The smallest absolute Gasteiger partial charge is 0.407 e. The Bertz CT molecular complexity index is 715. The molecule has 2 aromatic rings. The maximum Gasteiger partial charge on any atom is 0.407 e. The molecule has 1 aromatic heterocycles. The van der Waals surface area contributed by atoms with Crippen molar-refractivity contribution in [3.63, 3.8) is 0 Å². The van der Waals surface area contributed by atoms with Crippen molar-refractivity contribution in [1.29, 1.82) is 0 Å². The van der Waals surface area contributed by atoms with Gasteiger partial charge in [-0.1, -0.05) is 36.4 Å². The van der Waals surface area contributed by atoms with Gasteiger partial charge in [-0.15, -0.1) is 0 Å². The molecule has 0 spiro atoms. The summed E-state index contributed by atoms with van der Waals surface area (Å²) in [4.78, 5) is 23.6. The van der Waals surface area contributed by atoms with E-state index >= 15 is 0 Å². The van der Waals surface area contributed by atoms with E-state index in [1.165, 1.54) is 6.07 Å². The highest BCUT2D eigenvalue weighted by atomic mass is 16.6. The number of pyridine rings is 1. The van der Waals surface area contributed by atoms with Crippen LogP contribution in [0.1, 0.15) is 31.9 Å². The van der Waals surface area contributed by atoms with Gasteiger partial charge in [0.2, 0.25) is 0 Å². The SMILES string of the molecule is CC(C)(C)OC(=O)NCc1ccc(=O)n(Cc2ccccc2)c1. The number of benzene rings is 1. The van der Waals surface area contributed by atoms with Crippen LogP contribution in [0.15, 0.2) is 53.5 Å². The van der Waals surface area contributed by atoms with Crippen LogP contribution in [0.3, 0.4) is 0 Å². The molecule has 5 heteroatoms. The van der Waals surface area contributed by atoms with Crippen molar-refractivity contribution in [1.82, 2.24) is 9.88 Å². The molecule has 2 rings (SSSR count). The maximum atomic E-state index is 12.0. The minimum atomic E-state index is -0.532. The lowest BCUT2D eigenvalue weighted by Crippen LogP contribution is -2.32. The van der Waals surface area contributed by atoms with E-state index in [4.69, 9.17) is 4.74 Å². The predicted molar refractivity (Wildman–Crippen MR) is 89.3 cm³/mol. The second-order valence-electron chi connectivity index (χ2n) is 6.34. The Morgan fingerprint density at radius 1 is 1.09 bits per heavy atom. The number of hydrogen-bond acceptors (Lipinski definition) is 3. The maximum absolute atomic E-state index is 12.0. The van der Waals surface area contributed by atoms with Crippen molar-refractivity contribution >= 4 is 6.09 Å². The van der Waals surface area contributed by atoms with E-state index in [1.54, 1.807) is 16.8 Å². The van der Waals surface area contributed by atoms with Crippen molar-refractivity contribution in [3.8, 4) is 0 Å². The monoisotopic (exact) mass is 314 g/mol. The molecule has 0 unspecified atom stereocenters. The Kier molecular flexibility index (Phi) is 5.21. The van der Waals surface area contributed by atoms with Crippen LogP contribution in [0.2, 0.25) is 0 Å². The van der Waals surface area contributed by atoms with E-state index in [2.05, 4.69) is 5.32 Å². The molecule has 0 fully saturated rings. The van der Waals surface area contributed by atoms with Crippen LogP contribution in [-0.2, 0) is 17.8 Å². The molecule has 0 atom stereocenters. The highest BCUT2D eigenvalue weighted by Crippen LogP contribution is 2.07. The number of amides is 1. The zero-order chi connectivity index (χ0) is 16.9. The number of nitrogens with one attached hydrogen (secondary N) is 1. The van der Waals surface area contributed by atoms with Crippen molar-refractivity contribution in [2.24, 2.45) is 0 Å². The topological polar surface area (TPSA) is 60.3 Å². The highest BCUT2D eigenvalue weighted by molar-refractivity contribution is 5.67. The van der Waals surface area contributed by atoms with Gasteiger partial charge in [-0.2, -0.15) is 0 Å². The second kappa shape index (κ2) is 7.13. The minimum Gasteiger partial charge on any atom is -0.444 e. The lowest BCUT2D eigenvalue weighted by atomic mass is 10.2. The summed E-state index contributed by atoms with van der Waals surface area (Å²) in [6.45, 7) is 6.25. The lowest BCUT2D eigenvalue weighted by Gasteiger charge is -2.19. The molecule has 1 heterocycles. The number of alkyl carbamates (subject to hydrolysis) is 1. The summed E-state index contributed by atoms with van der Waals surface area (Å²) < 4.78 is 6.82. The summed E-state index contributed by atoms with van der Waals surface area (Å²) in [5, 5.41) is 2.69. The zero-order valence-electron chi connectivity index (χ0n) is 13.7. The lowest BCUT2D eigenvalue weighted by molar-refractivity contribution is 0.0523. The zero-order valence-corrected chi connectivity index (χ0v) is 13.7. The number of aromatic nitrogens is 1. The summed E-state index contributed by atoms with van der Waals surface area (Å²) in [6, 6.07) is 13.0. The summed E-state index contributed by atoms with van der Waals surface area (Å²) in [6.07, 6.45) is 1.28. The van der Waals surface area contributed by atoms with Crippen molar-refractivity contribution in [3.05, 3.63) is 70.1 Å². The first kappa shape index (κ1) is 16.8. The quantitative estimate of drug-likeness (QED) is 0.944. The molecule has 23 heavy (non-hydrogen) atoms. The summed E-state index contributed by atoms with van der Waals surface area (Å²) in [5.74, 6) is 0. The van der Waals surface area contributed by atoms with Gasteiger partial charge in [0.05, 0.1) is 6.54 Å². The second-order valence-corrected chi connectivity index (χ2v) is 6.34. The number of hydrogen-bond donors (Lipinski definition) is 1. The predicted octanol–water partition coefficient (Wildman–Crippen LogP) is 2.92. The molecule has 1 aromatic carbocycles. The molecule has 0 saturated carbocycles. The average Bonchev–Trinajstić information content (AvgIpc) is 2.47. The van der Waals surface area contributed by atoms with Gasteiger partial charge in [0.15, 0.2) is 0 Å². The fraction of sp³-hybridized carbons (Fsp3) is 0.333. The third-order valence-corrected chi connectivity index (χ3v) is 3.08. The molecule has 5 nitrogen and oxygen atoms in total. The van der Waals surface area contributed by atoms with Crippen LogP contribution < -0.4 is 10.9 Å².